The van der Waals surface area contributed by atoms with Crippen molar-refractivity contribution in [3.8, 4) is 0 Å². The fourth-order valence-electron chi connectivity index (χ4n) is 2.19. The van der Waals surface area contributed by atoms with Gasteiger partial charge in [-0.2, -0.15) is 0 Å². The molecule has 2 amide bonds. The Labute approximate surface area is 130 Å². The molecule has 0 heterocycles. The third-order valence-electron chi connectivity index (χ3n) is 3.20. The van der Waals surface area contributed by atoms with Gasteiger partial charge in [0.05, 0.1) is 13.5 Å². The number of urea groups is 1. The summed E-state index contributed by atoms with van der Waals surface area (Å²) in [5.74, 6) is 1.08. The molecule has 2 atom stereocenters. The van der Waals surface area contributed by atoms with Gasteiger partial charge in [-0.15, -0.1) is 0 Å². The van der Waals surface area contributed by atoms with Crippen LogP contribution in [0.1, 0.15) is 60.3 Å². The van der Waals surface area contributed by atoms with Gasteiger partial charge < -0.3 is 15.4 Å². The van der Waals surface area contributed by atoms with Gasteiger partial charge in [-0.1, -0.05) is 41.0 Å². The van der Waals surface area contributed by atoms with Crippen LogP contribution < -0.4 is 10.6 Å². The highest BCUT2D eigenvalue weighted by Gasteiger charge is 2.21. The molecule has 5 heteroatoms. The molecule has 0 spiro atoms. The van der Waals surface area contributed by atoms with Crippen LogP contribution in [-0.4, -0.2) is 32.2 Å². The summed E-state index contributed by atoms with van der Waals surface area (Å²) in [6.45, 7) is 11.3. The van der Waals surface area contributed by atoms with E-state index in [0.29, 0.717) is 12.5 Å². The second-order valence-corrected chi connectivity index (χ2v) is 4.75. The number of esters is 1. The van der Waals surface area contributed by atoms with E-state index in [1.54, 1.807) is 0 Å². The Morgan fingerprint density at radius 1 is 1.10 bits per heavy atom. The average molecular weight is 302 g/mol. The quantitative estimate of drug-likeness (QED) is 0.765. The van der Waals surface area contributed by atoms with Gasteiger partial charge in [0.25, 0.3) is 0 Å². The third-order valence-corrected chi connectivity index (χ3v) is 3.20. The first-order valence-electron chi connectivity index (χ1n) is 8.20. The van der Waals surface area contributed by atoms with E-state index < -0.39 is 0 Å². The topological polar surface area (TPSA) is 67.4 Å². The van der Waals surface area contributed by atoms with Gasteiger partial charge in [-0.05, 0) is 24.7 Å². The predicted octanol–water partition coefficient (Wildman–Crippen LogP) is 3.34. The van der Waals surface area contributed by atoms with E-state index in [9.17, 15) is 9.59 Å². The lowest BCUT2D eigenvalue weighted by molar-refractivity contribution is -0.140. The van der Waals surface area contributed by atoms with Gasteiger partial charge in [0.15, 0.2) is 0 Å². The molecular formula is C16H34N2O3. The number of nitrogens with one attached hydrogen (secondary N) is 2. The maximum absolute atomic E-state index is 11.4. The first kappa shape index (κ1) is 22.0. The maximum atomic E-state index is 11.4. The Morgan fingerprint density at radius 2 is 1.71 bits per heavy atom. The summed E-state index contributed by atoms with van der Waals surface area (Å²) in [6.07, 6.45) is 3.87. The van der Waals surface area contributed by atoms with Crippen molar-refractivity contribution < 1.29 is 14.3 Å². The minimum absolute atomic E-state index is 0.201. The van der Waals surface area contributed by atoms with Crippen molar-refractivity contribution in [1.82, 2.24) is 10.6 Å². The van der Waals surface area contributed by atoms with E-state index in [1.807, 2.05) is 27.7 Å². The zero-order chi connectivity index (χ0) is 16.7. The van der Waals surface area contributed by atoms with Crippen LogP contribution in [-0.2, 0) is 9.53 Å². The molecule has 0 aliphatic heterocycles. The van der Waals surface area contributed by atoms with Crippen LogP contribution in [0.3, 0.4) is 0 Å². The van der Waals surface area contributed by atoms with Crippen molar-refractivity contribution in [1.29, 1.82) is 0 Å². The number of amides is 2. The Bertz CT molecular complexity index is 270. The lowest BCUT2D eigenvalue weighted by Crippen LogP contribution is -2.38. The molecule has 21 heavy (non-hydrogen) atoms. The van der Waals surface area contributed by atoms with Crippen LogP contribution in [0, 0.1) is 11.8 Å². The molecule has 1 aliphatic rings. The van der Waals surface area contributed by atoms with Crippen LogP contribution in [0.5, 0.6) is 0 Å². The number of rotatable bonds is 5. The van der Waals surface area contributed by atoms with Gasteiger partial charge in [-0.25, -0.2) is 4.79 Å². The molecule has 0 bridgehead atoms. The second kappa shape index (κ2) is 15.1. The molecule has 1 aliphatic carbocycles. The smallest absolute Gasteiger partial charge is 0.314 e. The molecule has 0 aromatic heterocycles. The molecule has 2 unspecified atom stereocenters. The standard InChI is InChI=1S/C12H22N2O3.2C2H6/c1-9-3-4-10(7-9)8-14-12(16)13-6-5-11(15)17-2;2*1-2/h9-10H,3-8H2,1-2H3,(H2,13,14,16);2*1-2H3. The molecular weight excluding hydrogens is 268 g/mol. The van der Waals surface area contributed by atoms with Crippen LogP contribution in [0.4, 0.5) is 4.79 Å². The van der Waals surface area contributed by atoms with Crippen molar-refractivity contribution in [3.05, 3.63) is 0 Å². The van der Waals surface area contributed by atoms with Crippen LogP contribution in [0.15, 0.2) is 0 Å². The average Bonchev–Trinajstić information content (AvgIpc) is 2.94. The number of carbonyl (C=O) groups excluding carboxylic acids is 2. The molecule has 1 rings (SSSR count). The summed E-state index contributed by atoms with van der Waals surface area (Å²) in [7, 11) is 1.34. The molecule has 0 radical (unpaired) electrons. The molecule has 0 aromatic carbocycles. The molecule has 0 aromatic rings. The Hall–Kier alpha value is -1.26. The first-order chi connectivity index (χ1) is 10.1. The highest BCUT2D eigenvalue weighted by Crippen LogP contribution is 2.29. The van der Waals surface area contributed by atoms with E-state index >= 15 is 0 Å². The fourth-order valence-corrected chi connectivity index (χ4v) is 2.19. The summed E-state index contributed by atoms with van der Waals surface area (Å²) in [5, 5.41) is 5.47. The van der Waals surface area contributed by atoms with E-state index in [-0.39, 0.29) is 18.4 Å². The Morgan fingerprint density at radius 3 is 2.19 bits per heavy atom. The number of ether oxygens (including phenoxy) is 1. The van der Waals surface area contributed by atoms with Crippen molar-refractivity contribution in [3.63, 3.8) is 0 Å². The Kier molecular flexibility index (Phi) is 15.9. The molecule has 2 N–H and O–H groups in total. The zero-order valence-corrected chi connectivity index (χ0v) is 14.6. The number of methoxy groups -OCH3 is 1. The van der Waals surface area contributed by atoms with Crippen molar-refractivity contribution >= 4 is 12.0 Å². The van der Waals surface area contributed by atoms with Gasteiger partial charge in [0.2, 0.25) is 0 Å². The SMILES string of the molecule is CC.CC.COC(=O)CCNC(=O)NCC1CCC(C)C1. The summed E-state index contributed by atoms with van der Waals surface area (Å²) in [6, 6.07) is -0.201. The maximum Gasteiger partial charge on any atom is 0.314 e. The van der Waals surface area contributed by atoms with Crippen LogP contribution >= 0.6 is 0 Å². The van der Waals surface area contributed by atoms with Crippen molar-refractivity contribution in [2.75, 3.05) is 20.2 Å². The van der Waals surface area contributed by atoms with Gasteiger partial charge in [0.1, 0.15) is 0 Å². The zero-order valence-electron chi connectivity index (χ0n) is 14.6. The fraction of sp³-hybridized carbons (Fsp3) is 0.875. The minimum Gasteiger partial charge on any atom is -0.469 e. The minimum atomic E-state index is -0.310. The van der Waals surface area contributed by atoms with E-state index in [1.165, 1.54) is 26.4 Å². The summed E-state index contributed by atoms with van der Waals surface area (Å²) in [5.41, 5.74) is 0. The molecule has 1 saturated carbocycles. The van der Waals surface area contributed by atoms with E-state index in [2.05, 4.69) is 22.3 Å². The highest BCUT2D eigenvalue weighted by atomic mass is 16.5. The highest BCUT2D eigenvalue weighted by molar-refractivity contribution is 5.75. The van der Waals surface area contributed by atoms with E-state index in [4.69, 9.17) is 0 Å². The van der Waals surface area contributed by atoms with E-state index in [0.717, 1.165) is 12.5 Å². The largest absolute Gasteiger partial charge is 0.469 e. The summed E-state index contributed by atoms with van der Waals surface area (Å²) < 4.78 is 4.47. The van der Waals surface area contributed by atoms with Crippen molar-refractivity contribution in [2.24, 2.45) is 11.8 Å². The normalized spacial score (nSPS) is 19.3. The third kappa shape index (κ3) is 12.2. The van der Waals surface area contributed by atoms with Gasteiger partial charge >= 0.3 is 12.0 Å². The molecule has 1 fully saturated rings. The summed E-state index contributed by atoms with van der Waals surface area (Å²) in [4.78, 5) is 22.2. The van der Waals surface area contributed by atoms with Crippen LogP contribution in [0.2, 0.25) is 0 Å². The number of hydrogen-bond donors (Lipinski definition) is 2. The van der Waals surface area contributed by atoms with Crippen molar-refractivity contribution in [2.45, 2.75) is 60.3 Å². The first-order valence-corrected chi connectivity index (χ1v) is 8.20. The van der Waals surface area contributed by atoms with Crippen LogP contribution in [0.25, 0.3) is 0 Å². The van der Waals surface area contributed by atoms with Gasteiger partial charge in [-0.3, -0.25) is 4.79 Å². The summed E-state index contributed by atoms with van der Waals surface area (Å²) >= 11 is 0. The molecule has 126 valence electrons. The monoisotopic (exact) mass is 302 g/mol. The van der Waals surface area contributed by atoms with Gasteiger partial charge in [0, 0.05) is 13.1 Å². The second-order valence-electron chi connectivity index (χ2n) is 4.75. The molecule has 0 saturated heterocycles. The predicted molar refractivity (Wildman–Crippen MR) is 87.2 cm³/mol. The Balaban J connectivity index is 0. The lowest BCUT2D eigenvalue weighted by Gasteiger charge is -2.11. The number of hydrogen-bond acceptors (Lipinski definition) is 3. The number of carbonyl (C=O) groups is 2. The molecule has 5 nitrogen and oxygen atoms in total. The lowest BCUT2D eigenvalue weighted by atomic mass is 10.1.